The van der Waals surface area contributed by atoms with Crippen molar-refractivity contribution in [2.45, 2.75) is 96.4 Å². The van der Waals surface area contributed by atoms with Crippen molar-refractivity contribution >= 4 is 29.6 Å². The summed E-state index contributed by atoms with van der Waals surface area (Å²) in [6, 6.07) is 4.33. The van der Waals surface area contributed by atoms with Crippen LogP contribution in [0.2, 0.25) is 0 Å². The average Bonchev–Trinajstić information content (AvgIpc) is 3.43. The molecule has 0 radical (unpaired) electrons. The van der Waals surface area contributed by atoms with Gasteiger partial charge >= 0.3 is 5.97 Å². The van der Waals surface area contributed by atoms with E-state index in [0.29, 0.717) is 38.8 Å². The molecule has 0 saturated carbocycles. The number of rotatable bonds is 16. The molecule has 1 aliphatic rings. The number of aliphatic carboxylic acids is 1. The average molecular weight is 589 g/mol. The molecule has 5 unspecified atom stereocenters. The van der Waals surface area contributed by atoms with Crippen LogP contribution in [0.3, 0.4) is 0 Å². The number of hydrogen-bond acceptors (Lipinski definition) is 7. The molecule has 1 aromatic rings. The smallest absolute Gasteiger partial charge is 0.326 e. The Kier molecular flexibility index (Phi) is 13.9. The van der Waals surface area contributed by atoms with Crippen molar-refractivity contribution in [1.29, 1.82) is 0 Å². The second kappa shape index (κ2) is 16.8. The van der Waals surface area contributed by atoms with Gasteiger partial charge in [-0.05, 0) is 49.6 Å². The number of likely N-dealkylation sites (tertiary alicyclic amines) is 1. The number of carbonyl (C=O) groups is 5. The van der Waals surface area contributed by atoms with E-state index >= 15 is 0 Å². The molecule has 1 saturated heterocycles. The number of amides is 4. The van der Waals surface area contributed by atoms with Crippen molar-refractivity contribution in [1.82, 2.24) is 20.9 Å². The molecule has 234 valence electrons. The lowest BCUT2D eigenvalue weighted by molar-refractivity contribution is -0.143. The largest absolute Gasteiger partial charge is 0.480 e. The monoisotopic (exact) mass is 588 g/mol. The number of benzene rings is 1. The summed E-state index contributed by atoms with van der Waals surface area (Å²) in [7, 11) is 0. The minimum Gasteiger partial charge on any atom is -0.480 e. The van der Waals surface area contributed by atoms with Gasteiger partial charge in [0.1, 0.15) is 24.2 Å². The third-order valence-corrected chi connectivity index (χ3v) is 7.52. The Labute approximate surface area is 248 Å². The molecule has 1 aromatic carbocycles. The zero-order chi connectivity index (χ0) is 31.4. The molecule has 4 amide bonds. The molecule has 42 heavy (non-hydrogen) atoms. The van der Waals surface area contributed by atoms with Crippen molar-refractivity contribution in [3.05, 3.63) is 35.9 Å². The highest BCUT2D eigenvalue weighted by Crippen LogP contribution is 2.20. The molecule has 1 fully saturated rings. The maximum absolute atomic E-state index is 13.5. The van der Waals surface area contributed by atoms with Crippen LogP contribution in [0.1, 0.15) is 65.4 Å². The fraction of sp³-hybridized carbons (Fsp3) is 0.633. The molecular formula is C30H48N6O6. The minimum absolute atomic E-state index is 0.120. The van der Waals surface area contributed by atoms with Crippen molar-refractivity contribution in [2.24, 2.45) is 23.3 Å². The number of nitrogens with two attached hydrogens (primary N) is 2. The molecule has 1 aliphatic heterocycles. The quantitative estimate of drug-likeness (QED) is 0.150. The molecule has 0 aliphatic carbocycles. The summed E-state index contributed by atoms with van der Waals surface area (Å²) in [5.74, 6) is -3.88. The van der Waals surface area contributed by atoms with Crippen LogP contribution in [0.25, 0.3) is 0 Å². The third kappa shape index (κ3) is 10.1. The highest BCUT2D eigenvalue weighted by molar-refractivity contribution is 5.95. The summed E-state index contributed by atoms with van der Waals surface area (Å²) in [4.78, 5) is 66.4. The first-order valence-electron chi connectivity index (χ1n) is 14.8. The van der Waals surface area contributed by atoms with Gasteiger partial charge in [-0.25, -0.2) is 4.79 Å². The zero-order valence-electron chi connectivity index (χ0n) is 25.2. The topological polar surface area (TPSA) is 197 Å². The number of hydrogen-bond donors (Lipinski definition) is 6. The van der Waals surface area contributed by atoms with Crippen molar-refractivity contribution < 1.29 is 29.1 Å². The first kappa shape index (κ1) is 34.7. The SMILES string of the molecule is CC(C)C(NC(=O)C(Cc1ccccc1)NC(=O)C(NC(=O)C1CCCN1C(=O)C(N)CCCCN)C(C)C)C(=O)O. The van der Waals surface area contributed by atoms with Crippen LogP contribution in [0.15, 0.2) is 30.3 Å². The third-order valence-electron chi connectivity index (χ3n) is 7.52. The highest BCUT2D eigenvalue weighted by Gasteiger charge is 2.38. The Morgan fingerprint density at radius 3 is 2.14 bits per heavy atom. The zero-order valence-corrected chi connectivity index (χ0v) is 25.2. The van der Waals surface area contributed by atoms with Crippen LogP contribution in [0, 0.1) is 11.8 Å². The number of carboxylic acid groups (broad SMARTS) is 1. The lowest BCUT2D eigenvalue weighted by Gasteiger charge is -2.30. The number of nitrogens with one attached hydrogen (secondary N) is 3. The second-order valence-corrected chi connectivity index (χ2v) is 11.6. The second-order valence-electron chi connectivity index (χ2n) is 11.6. The van der Waals surface area contributed by atoms with Crippen LogP contribution >= 0.6 is 0 Å². The van der Waals surface area contributed by atoms with Gasteiger partial charge in [0.05, 0.1) is 6.04 Å². The molecular weight excluding hydrogens is 540 g/mol. The predicted molar refractivity (Wildman–Crippen MR) is 159 cm³/mol. The van der Waals surface area contributed by atoms with Gasteiger partial charge in [0.15, 0.2) is 0 Å². The van der Waals surface area contributed by atoms with Crippen LogP contribution in [-0.2, 0) is 30.4 Å². The van der Waals surface area contributed by atoms with Gasteiger partial charge in [-0.1, -0.05) is 64.4 Å². The first-order valence-corrected chi connectivity index (χ1v) is 14.8. The van der Waals surface area contributed by atoms with Gasteiger partial charge in [-0.3, -0.25) is 19.2 Å². The highest BCUT2D eigenvalue weighted by atomic mass is 16.4. The van der Waals surface area contributed by atoms with Gasteiger partial charge in [0.25, 0.3) is 0 Å². The van der Waals surface area contributed by atoms with E-state index in [1.165, 1.54) is 4.90 Å². The van der Waals surface area contributed by atoms with Crippen molar-refractivity contribution in [3.8, 4) is 0 Å². The van der Waals surface area contributed by atoms with Gasteiger partial charge in [0.2, 0.25) is 23.6 Å². The van der Waals surface area contributed by atoms with E-state index in [1.807, 2.05) is 6.07 Å². The van der Waals surface area contributed by atoms with Crippen molar-refractivity contribution in [2.75, 3.05) is 13.1 Å². The first-order chi connectivity index (χ1) is 19.9. The predicted octanol–water partition coefficient (Wildman–Crippen LogP) is 0.527. The Hall–Kier alpha value is -3.51. The van der Waals surface area contributed by atoms with E-state index in [4.69, 9.17) is 11.5 Å². The van der Waals surface area contributed by atoms with E-state index in [2.05, 4.69) is 16.0 Å². The maximum atomic E-state index is 13.5. The standard InChI is InChI=1S/C30H48N6O6/c1-18(2)24(34-27(38)23-14-10-16-36(23)29(40)21(32)13-8-9-15-31)28(39)33-22(17-20-11-6-5-7-12-20)26(37)35-25(19(3)4)30(41)42/h5-7,11-12,18-19,21-25H,8-10,13-17,31-32H2,1-4H3,(H,33,39)(H,34,38)(H,35,37)(H,41,42). The lowest BCUT2D eigenvalue weighted by Crippen LogP contribution is -2.60. The summed E-state index contributed by atoms with van der Waals surface area (Å²) in [6.45, 7) is 7.80. The molecule has 0 bridgehead atoms. The van der Waals surface area contributed by atoms with Crippen molar-refractivity contribution in [3.63, 3.8) is 0 Å². The lowest BCUT2D eigenvalue weighted by atomic mass is 9.99. The summed E-state index contributed by atoms with van der Waals surface area (Å²) in [5, 5.41) is 17.6. The van der Waals surface area contributed by atoms with E-state index in [0.717, 1.165) is 12.0 Å². The van der Waals surface area contributed by atoms with Gasteiger partial charge < -0.3 is 37.4 Å². The van der Waals surface area contributed by atoms with Crippen LogP contribution in [0.4, 0.5) is 0 Å². The molecule has 0 spiro atoms. The summed E-state index contributed by atoms with van der Waals surface area (Å²) in [5.41, 5.74) is 12.4. The summed E-state index contributed by atoms with van der Waals surface area (Å²) in [6.07, 6.45) is 3.15. The van der Waals surface area contributed by atoms with E-state index in [9.17, 15) is 29.1 Å². The van der Waals surface area contributed by atoms with E-state index < -0.39 is 53.9 Å². The maximum Gasteiger partial charge on any atom is 0.326 e. The molecule has 12 heteroatoms. The number of carbonyl (C=O) groups excluding carboxylic acids is 4. The van der Waals surface area contributed by atoms with Crippen LogP contribution in [-0.4, -0.2) is 82.9 Å². The molecule has 12 nitrogen and oxygen atoms in total. The Morgan fingerprint density at radius 1 is 0.929 bits per heavy atom. The number of unbranched alkanes of at least 4 members (excludes halogenated alkanes) is 1. The molecule has 0 aromatic heterocycles. The Balaban J connectivity index is 2.18. The number of carboxylic acids is 1. The summed E-state index contributed by atoms with van der Waals surface area (Å²) < 4.78 is 0. The summed E-state index contributed by atoms with van der Waals surface area (Å²) >= 11 is 0. The molecule has 5 atom stereocenters. The van der Waals surface area contributed by atoms with Crippen LogP contribution in [0.5, 0.6) is 0 Å². The Morgan fingerprint density at radius 2 is 1.57 bits per heavy atom. The van der Waals surface area contributed by atoms with Crippen LogP contribution < -0.4 is 27.4 Å². The van der Waals surface area contributed by atoms with Gasteiger partial charge in [0, 0.05) is 13.0 Å². The van der Waals surface area contributed by atoms with Gasteiger partial charge in [-0.2, -0.15) is 0 Å². The van der Waals surface area contributed by atoms with E-state index in [-0.39, 0.29) is 24.2 Å². The molecule has 2 rings (SSSR count). The molecule has 8 N–H and O–H groups in total. The van der Waals surface area contributed by atoms with Gasteiger partial charge in [-0.15, -0.1) is 0 Å². The fourth-order valence-corrected chi connectivity index (χ4v) is 5.02. The van der Waals surface area contributed by atoms with E-state index in [1.54, 1.807) is 52.0 Å². The fourth-order valence-electron chi connectivity index (χ4n) is 5.02. The number of nitrogens with zero attached hydrogens (tertiary/aromatic N) is 1. The molecule has 1 heterocycles. The minimum atomic E-state index is -1.18. The normalized spacial score (nSPS) is 17.8. The Bertz CT molecular complexity index is 1070.